The van der Waals surface area contributed by atoms with Crippen molar-refractivity contribution in [3.8, 4) is 0 Å². The van der Waals surface area contributed by atoms with Gasteiger partial charge in [0.2, 0.25) is 0 Å². The SMILES string of the molecule is C/C=C/C=C/C=C/C=C/C=C/C=O.CCCCC/C=C/C=C/C=C/C=C/C=C/C=O. The summed E-state index contributed by atoms with van der Waals surface area (Å²) in [5, 5.41) is 0. The van der Waals surface area contributed by atoms with Gasteiger partial charge in [0, 0.05) is 0 Å². The first-order valence-corrected chi connectivity index (χ1v) is 10.3. The topological polar surface area (TPSA) is 34.1 Å². The van der Waals surface area contributed by atoms with E-state index in [2.05, 4.69) is 19.1 Å². The van der Waals surface area contributed by atoms with Crippen molar-refractivity contribution < 1.29 is 9.59 Å². The number of carbonyl (C=O) groups is 2. The fourth-order valence-corrected chi connectivity index (χ4v) is 1.79. The molecule has 0 radical (unpaired) electrons. The molecule has 0 saturated carbocycles. The molecule has 30 heavy (non-hydrogen) atoms. The first-order chi connectivity index (χ1) is 14.8. The summed E-state index contributed by atoms with van der Waals surface area (Å²) in [7, 11) is 0. The molecule has 2 heteroatoms. The van der Waals surface area contributed by atoms with Gasteiger partial charge in [-0.25, -0.2) is 0 Å². The number of carbonyl (C=O) groups excluding carboxylic acids is 2. The van der Waals surface area contributed by atoms with Gasteiger partial charge >= 0.3 is 0 Å². The Bertz CT molecular complexity index is 675. The molecule has 0 aliphatic rings. The van der Waals surface area contributed by atoms with Crippen molar-refractivity contribution in [3.05, 3.63) is 122 Å². The molecule has 0 saturated heterocycles. The second-order valence-corrected chi connectivity index (χ2v) is 5.80. The van der Waals surface area contributed by atoms with Gasteiger partial charge in [-0.3, -0.25) is 9.59 Å². The molecule has 0 unspecified atom stereocenters. The minimum atomic E-state index is 0.750. The Labute approximate surface area is 183 Å². The number of hydrogen-bond acceptors (Lipinski definition) is 2. The van der Waals surface area contributed by atoms with Gasteiger partial charge in [0.15, 0.2) is 0 Å². The lowest BCUT2D eigenvalue weighted by atomic mass is 10.2. The lowest BCUT2D eigenvalue weighted by molar-refractivity contribution is -0.104. The van der Waals surface area contributed by atoms with Crippen LogP contribution in [0, 0.1) is 0 Å². The Hall–Kier alpha value is -3.26. The lowest BCUT2D eigenvalue weighted by Gasteiger charge is -1.89. The summed E-state index contributed by atoms with van der Waals surface area (Å²) in [6.07, 6.45) is 44.0. The van der Waals surface area contributed by atoms with E-state index in [1.165, 1.54) is 31.4 Å². The predicted molar refractivity (Wildman–Crippen MR) is 133 cm³/mol. The quantitative estimate of drug-likeness (QED) is 0.130. The molecule has 2 nitrogen and oxygen atoms in total. The van der Waals surface area contributed by atoms with Crippen LogP contribution in [0.25, 0.3) is 0 Å². The van der Waals surface area contributed by atoms with Crippen molar-refractivity contribution in [2.75, 3.05) is 0 Å². The number of rotatable bonds is 14. The first kappa shape index (κ1) is 28.9. The third-order valence-electron chi connectivity index (χ3n) is 3.24. The monoisotopic (exact) mass is 404 g/mol. The first-order valence-electron chi connectivity index (χ1n) is 10.3. The normalized spacial score (nSPS) is 13.1. The fraction of sp³-hybridized carbons (Fsp3) is 0.214. The highest BCUT2D eigenvalue weighted by Gasteiger charge is 1.79. The van der Waals surface area contributed by atoms with Crippen molar-refractivity contribution in [2.24, 2.45) is 0 Å². The summed E-state index contributed by atoms with van der Waals surface area (Å²) in [6, 6.07) is 0. The maximum absolute atomic E-state index is 9.95. The summed E-state index contributed by atoms with van der Waals surface area (Å²) < 4.78 is 0. The Morgan fingerprint density at radius 3 is 1.20 bits per heavy atom. The standard InChI is InChI=1S/C16H22O.C12H14O/c1-2-3-4-5-6-7-8-9-10-11-12-13-14-15-16-17;1-2-3-4-5-6-7-8-9-10-11-12-13/h6-16H,2-5H2,1H3;2-12H,1H3/b7-6+,9-8+,11-10+,13-12+,15-14+;3-2+,5-4+,7-6+,9-8+,11-10+. The number of hydrogen-bond donors (Lipinski definition) is 0. The Balaban J connectivity index is 0. The maximum atomic E-state index is 9.95. The highest BCUT2D eigenvalue weighted by Crippen LogP contribution is 1.99. The summed E-state index contributed by atoms with van der Waals surface area (Å²) >= 11 is 0. The number of aldehydes is 2. The van der Waals surface area contributed by atoms with Gasteiger partial charge in [-0.05, 0) is 31.9 Å². The minimum Gasteiger partial charge on any atom is -0.299 e. The van der Waals surface area contributed by atoms with E-state index in [9.17, 15) is 9.59 Å². The summed E-state index contributed by atoms with van der Waals surface area (Å²) in [6.45, 7) is 4.18. The van der Waals surface area contributed by atoms with Gasteiger partial charge in [-0.2, -0.15) is 0 Å². The van der Waals surface area contributed by atoms with Gasteiger partial charge < -0.3 is 0 Å². The molecule has 0 atom stereocenters. The molecular weight excluding hydrogens is 368 g/mol. The molecule has 0 aromatic carbocycles. The van der Waals surface area contributed by atoms with E-state index in [1.807, 2.05) is 85.9 Å². The minimum absolute atomic E-state index is 0.750. The summed E-state index contributed by atoms with van der Waals surface area (Å²) in [5.41, 5.74) is 0. The molecule has 0 heterocycles. The zero-order chi connectivity index (χ0) is 22.4. The molecule has 0 spiro atoms. The van der Waals surface area contributed by atoms with Crippen molar-refractivity contribution in [2.45, 2.75) is 39.5 Å². The average Bonchev–Trinajstić information content (AvgIpc) is 2.76. The third-order valence-corrected chi connectivity index (χ3v) is 3.24. The van der Waals surface area contributed by atoms with E-state index in [0.717, 1.165) is 19.0 Å². The Morgan fingerprint density at radius 2 is 0.833 bits per heavy atom. The van der Waals surface area contributed by atoms with Gasteiger partial charge in [0.25, 0.3) is 0 Å². The van der Waals surface area contributed by atoms with Crippen LogP contribution in [0.15, 0.2) is 122 Å². The molecule has 0 rings (SSSR count). The zero-order valence-corrected chi connectivity index (χ0v) is 18.3. The summed E-state index contributed by atoms with van der Waals surface area (Å²) in [4.78, 5) is 19.8. The van der Waals surface area contributed by atoms with Crippen LogP contribution in [0.2, 0.25) is 0 Å². The highest BCUT2D eigenvalue weighted by molar-refractivity contribution is 5.65. The molecule has 0 aromatic heterocycles. The van der Waals surface area contributed by atoms with Crippen molar-refractivity contribution >= 4 is 12.6 Å². The van der Waals surface area contributed by atoms with Crippen molar-refractivity contribution in [3.63, 3.8) is 0 Å². The van der Waals surface area contributed by atoms with Crippen LogP contribution in [0.3, 0.4) is 0 Å². The van der Waals surface area contributed by atoms with Crippen LogP contribution in [0.5, 0.6) is 0 Å². The van der Waals surface area contributed by atoms with Gasteiger partial charge in [-0.15, -0.1) is 0 Å². The highest BCUT2D eigenvalue weighted by atomic mass is 16.1. The van der Waals surface area contributed by atoms with Crippen LogP contribution in [0.1, 0.15) is 39.5 Å². The molecule has 0 aliphatic carbocycles. The average molecular weight is 405 g/mol. The van der Waals surface area contributed by atoms with E-state index in [4.69, 9.17) is 0 Å². The van der Waals surface area contributed by atoms with E-state index in [1.54, 1.807) is 18.2 Å². The zero-order valence-electron chi connectivity index (χ0n) is 18.3. The molecule has 0 fully saturated rings. The number of unbranched alkanes of at least 4 members (excludes halogenated alkanes) is 3. The molecule has 0 aromatic rings. The predicted octanol–water partition coefficient (Wildman–Crippen LogP) is 7.53. The number of allylic oxidation sites excluding steroid dienone is 20. The van der Waals surface area contributed by atoms with Crippen LogP contribution in [-0.2, 0) is 9.59 Å². The van der Waals surface area contributed by atoms with Gasteiger partial charge in [-0.1, -0.05) is 129 Å². The second kappa shape index (κ2) is 30.5. The van der Waals surface area contributed by atoms with Crippen molar-refractivity contribution in [1.82, 2.24) is 0 Å². The smallest absolute Gasteiger partial charge is 0.142 e. The maximum Gasteiger partial charge on any atom is 0.142 e. The van der Waals surface area contributed by atoms with Gasteiger partial charge in [0.05, 0.1) is 0 Å². The fourth-order valence-electron chi connectivity index (χ4n) is 1.79. The van der Waals surface area contributed by atoms with E-state index in [-0.39, 0.29) is 0 Å². The molecule has 0 N–H and O–H groups in total. The largest absolute Gasteiger partial charge is 0.299 e. The van der Waals surface area contributed by atoms with E-state index in [0.29, 0.717) is 0 Å². The van der Waals surface area contributed by atoms with Crippen LogP contribution in [-0.4, -0.2) is 12.6 Å². The van der Waals surface area contributed by atoms with Crippen LogP contribution < -0.4 is 0 Å². The third kappa shape index (κ3) is 32.4. The van der Waals surface area contributed by atoms with Crippen LogP contribution in [0.4, 0.5) is 0 Å². The van der Waals surface area contributed by atoms with Gasteiger partial charge in [0.1, 0.15) is 12.6 Å². The summed E-state index contributed by atoms with van der Waals surface area (Å²) in [5.74, 6) is 0. The molecule has 0 amide bonds. The van der Waals surface area contributed by atoms with Crippen LogP contribution >= 0.6 is 0 Å². The molecule has 0 aliphatic heterocycles. The lowest BCUT2D eigenvalue weighted by Crippen LogP contribution is -1.69. The van der Waals surface area contributed by atoms with Crippen molar-refractivity contribution in [1.29, 1.82) is 0 Å². The Morgan fingerprint density at radius 1 is 0.467 bits per heavy atom. The van der Waals surface area contributed by atoms with E-state index < -0.39 is 0 Å². The molecule has 0 bridgehead atoms. The molecular formula is C28H36O2. The Kier molecular flexibility index (Phi) is 29.4. The molecule has 160 valence electrons. The van der Waals surface area contributed by atoms with E-state index >= 15 is 0 Å². The second-order valence-electron chi connectivity index (χ2n) is 5.80.